The summed E-state index contributed by atoms with van der Waals surface area (Å²) in [5, 5.41) is 11.5. The normalized spacial score (nSPS) is 36.6. The van der Waals surface area contributed by atoms with E-state index in [0.29, 0.717) is 25.8 Å². The van der Waals surface area contributed by atoms with E-state index in [-0.39, 0.29) is 36.7 Å². The van der Waals surface area contributed by atoms with Gasteiger partial charge in [0.25, 0.3) is 0 Å². The van der Waals surface area contributed by atoms with Gasteiger partial charge in [0.1, 0.15) is 17.8 Å². The number of fused-ring (bicyclic) bond motifs is 1. The summed E-state index contributed by atoms with van der Waals surface area (Å²) in [6.45, 7) is 20.9. The zero-order valence-corrected chi connectivity index (χ0v) is 35.8. The zero-order chi connectivity index (χ0) is 42.7. The maximum absolute atomic E-state index is 14.7. The third kappa shape index (κ3) is 9.25. The average molecular weight is 809 g/mol. The lowest BCUT2D eigenvalue weighted by atomic mass is 9.73. The van der Waals surface area contributed by atoms with Gasteiger partial charge in [0.15, 0.2) is 23.8 Å². The first-order valence-corrected chi connectivity index (χ1v) is 20.7. The van der Waals surface area contributed by atoms with Gasteiger partial charge in [-0.15, -0.1) is 0 Å². The third-order valence-corrected chi connectivity index (χ3v) is 12.8. The summed E-state index contributed by atoms with van der Waals surface area (Å²) in [5.74, 6) is -5.17. The second kappa shape index (κ2) is 18.5. The summed E-state index contributed by atoms with van der Waals surface area (Å²) in [4.78, 5) is 67.0. The van der Waals surface area contributed by atoms with Gasteiger partial charge in [-0.2, -0.15) is 0 Å². The lowest BCUT2D eigenvalue weighted by molar-refractivity contribution is -0.299. The highest BCUT2D eigenvalue weighted by atomic mass is 16.7. The minimum absolute atomic E-state index is 0.120. The Hall–Kier alpha value is -3.98. The van der Waals surface area contributed by atoms with Crippen molar-refractivity contribution >= 4 is 23.6 Å². The molecular weight excluding hydrogens is 745 g/mol. The Morgan fingerprint density at radius 2 is 1.76 bits per heavy atom. The van der Waals surface area contributed by atoms with Gasteiger partial charge in [0.2, 0.25) is 0 Å². The van der Waals surface area contributed by atoms with Crippen molar-refractivity contribution in [3.05, 3.63) is 49.7 Å². The van der Waals surface area contributed by atoms with Gasteiger partial charge in [0, 0.05) is 62.1 Å². The number of Topliss-reactive ketones (excluding diaryl/α,β-unsaturated/α-hetero) is 2. The van der Waals surface area contributed by atoms with E-state index in [9.17, 15) is 24.3 Å². The van der Waals surface area contributed by atoms with Crippen LogP contribution in [-0.4, -0.2) is 110 Å². The minimum Gasteiger partial charge on any atom is -0.453 e. The van der Waals surface area contributed by atoms with Crippen LogP contribution in [0.5, 0.6) is 0 Å². The number of cyclic esters (lactones) is 1. The van der Waals surface area contributed by atoms with Crippen molar-refractivity contribution < 1.29 is 48.0 Å². The molecule has 1 N–H and O–H groups in total. The molecule has 14 heteroatoms. The minimum atomic E-state index is -1.51. The fourth-order valence-electron chi connectivity index (χ4n) is 9.39. The fraction of sp³-hybridized carbons (Fsp3) is 0.682. The van der Waals surface area contributed by atoms with Crippen LogP contribution in [0.25, 0.3) is 11.3 Å². The lowest BCUT2D eigenvalue weighted by Gasteiger charge is -2.46. The fourth-order valence-corrected chi connectivity index (χ4v) is 9.39. The molecule has 3 fully saturated rings. The largest absolute Gasteiger partial charge is 0.453 e. The number of imidazole rings is 1. The molecule has 0 saturated carbocycles. The highest BCUT2D eigenvalue weighted by Gasteiger charge is 2.60. The molecule has 0 radical (unpaired) electrons. The van der Waals surface area contributed by atoms with Crippen LogP contribution in [-0.2, 0) is 44.6 Å². The smallest absolute Gasteiger partial charge is 0.410 e. The molecule has 320 valence electrons. The SMILES string of the molecule is C=CC1OC(=O)[C@H](C)C(=O)[C@H](C)C(O[C@@H]2O[C@H](C)C[C@H](C(C)C)[C@H]2O)[C@](C)(OC)C[C@@H](C)C(=O)[C@@H](C)[C@@H]2N(CCCCn3cnc(-c4cccnc4)c3)C(=O)O[C@]12C. The van der Waals surface area contributed by atoms with Crippen LogP contribution in [0.3, 0.4) is 0 Å². The predicted octanol–water partition coefficient (Wildman–Crippen LogP) is 6.05. The topological polar surface area (TPSA) is 169 Å². The number of esters is 1. The van der Waals surface area contributed by atoms with E-state index in [2.05, 4.69) is 16.5 Å². The predicted molar refractivity (Wildman–Crippen MR) is 215 cm³/mol. The van der Waals surface area contributed by atoms with E-state index < -0.39 is 83.4 Å². The molecule has 0 bridgehead atoms. The van der Waals surface area contributed by atoms with Gasteiger partial charge < -0.3 is 38.3 Å². The van der Waals surface area contributed by atoms with E-state index >= 15 is 0 Å². The van der Waals surface area contributed by atoms with E-state index in [0.717, 1.165) is 11.3 Å². The van der Waals surface area contributed by atoms with Crippen LogP contribution < -0.4 is 0 Å². The number of aliphatic hydroxyl groups excluding tert-OH is 1. The third-order valence-electron chi connectivity index (χ3n) is 12.8. The van der Waals surface area contributed by atoms with Gasteiger partial charge in [-0.3, -0.25) is 19.4 Å². The van der Waals surface area contributed by atoms with E-state index in [1.165, 1.54) is 20.1 Å². The summed E-state index contributed by atoms with van der Waals surface area (Å²) < 4.78 is 33.0. The Labute approximate surface area is 343 Å². The number of pyridine rings is 1. The molecule has 2 unspecified atom stereocenters. The van der Waals surface area contributed by atoms with Crippen molar-refractivity contribution in [2.24, 2.45) is 35.5 Å². The van der Waals surface area contributed by atoms with E-state index in [1.807, 2.05) is 43.7 Å². The van der Waals surface area contributed by atoms with Gasteiger partial charge in [-0.1, -0.05) is 41.2 Å². The molecule has 2 aromatic rings. The van der Waals surface area contributed by atoms with Crippen LogP contribution >= 0.6 is 0 Å². The number of aromatic nitrogens is 3. The van der Waals surface area contributed by atoms with Crippen LogP contribution in [0, 0.1) is 35.5 Å². The van der Waals surface area contributed by atoms with Crippen LogP contribution in [0.15, 0.2) is 49.7 Å². The standard InChI is InChI=1S/C44H64N4O10/c1-12-34-44(10)38(48(42(53)58-44)19-14-13-18-47-23-33(46-24-47)31-16-15-17-45-22-31)28(6)35(49)26(4)21-43(9,54-11)39(29(7)36(50)30(8)40(52)56-34)57-41-37(51)32(25(2)3)20-27(5)55-41/h12,15-17,22-30,32,34,37-39,41,51H,1,13-14,18-21H2,2-11H3/t26-,27-,28-,29+,30-,32-,34?,37-,38+,39?,41+,43-,44-/m1/s1. The monoisotopic (exact) mass is 808 g/mol. The number of rotatable bonds is 11. The Balaban J connectivity index is 1.44. The van der Waals surface area contributed by atoms with Gasteiger partial charge in [-0.25, -0.2) is 9.78 Å². The highest BCUT2D eigenvalue weighted by molar-refractivity contribution is 6.00. The van der Waals surface area contributed by atoms with Gasteiger partial charge in [0.05, 0.1) is 35.9 Å². The lowest BCUT2D eigenvalue weighted by Crippen LogP contribution is -2.59. The molecular formula is C44H64N4O10. The number of ether oxygens (including phenoxy) is 5. The molecule has 3 aliphatic rings. The van der Waals surface area contributed by atoms with E-state index in [1.54, 1.807) is 58.2 Å². The first-order valence-electron chi connectivity index (χ1n) is 20.7. The number of carbonyl (C=O) groups excluding carboxylic acids is 4. The second-order valence-electron chi connectivity index (χ2n) is 17.5. The zero-order valence-electron chi connectivity index (χ0n) is 35.8. The molecule has 5 heterocycles. The van der Waals surface area contributed by atoms with Crippen molar-refractivity contribution in [1.29, 1.82) is 0 Å². The number of methoxy groups -OCH3 is 1. The molecule has 2 aromatic heterocycles. The number of unbranched alkanes of at least 4 members (excludes halogenated alkanes) is 1. The first kappa shape index (κ1) is 45.1. The summed E-state index contributed by atoms with van der Waals surface area (Å²) >= 11 is 0. The molecule has 5 rings (SSSR count). The Morgan fingerprint density at radius 1 is 1.05 bits per heavy atom. The maximum atomic E-state index is 14.7. The molecule has 58 heavy (non-hydrogen) atoms. The second-order valence-corrected chi connectivity index (χ2v) is 17.5. The van der Waals surface area contributed by atoms with Crippen LogP contribution in [0.2, 0.25) is 0 Å². The van der Waals surface area contributed by atoms with Crippen LogP contribution in [0.1, 0.15) is 88.0 Å². The molecule has 14 nitrogen and oxygen atoms in total. The molecule has 1 amide bonds. The molecule has 0 spiro atoms. The number of ketones is 2. The Morgan fingerprint density at radius 3 is 2.40 bits per heavy atom. The van der Waals surface area contributed by atoms with Crippen molar-refractivity contribution in [3.63, 3.8) is 0 Å². The number of aryl methyl sites for hydroxylation is 1. The van der Waals surface area contributed by atoms with Gasteiger partial charge in [-0.05, 0) is 83.4 Å². The summed E-state index contributed by atoms with van der Waals surface area (Å²) in [6, 6.07) is 2.95. The summed E-state index contributed by atoms with van der Waals surface area (Å²) in [6.07, 6.45) is 5.41. The number of nitrogens with zero attached hydrogens (tertiary/aromatic N) is 4. The Kier molecular flexibility index (Phi) is 14.4. The summed E-state index contributed by atoms with van der Waals surface area (Å²) in [7, 11) is 1.49. The number of carbonyl (C=O) groups is 4. The number of hydrogen-bond acceptors (Lipinski definition) is 12. The maximum Gasteiger partial charge on any atom is 0.410 e. The Bertz CT molecular complexity index is 1770. The van der Waals surface area contributed by atoms with Crippen molar-refractivity contribution in [2.75, 3.05) is 13.7 Å². The molecule has 0 aromatic carbocycles. The van der Waals surface area contributed by atoms with Gasteiger partial charge >= 0.3 is 12.1 Å². The molecule has 3 aliphatic heterocycles. The van der Waals surface area contributed by atoms with Crippen molar-refractivity contribution in [1.82, 2.24) is 19.4 Å². The van der Waals surface area contributed by atoms with Crippen molar-refractivity contribution in [2.45, 2.75) is 142 Å². The van der Waals surface area contributed by atoms with E-state index in [4.69, 9.17) is 23.7 Å². The quantitative estimate of drug-likeness (QED) is 0.121. The highest BCUT2D eigenvalue weighted by Crippen LogP contribution is 2.43. The van der Waals surface area contributed by atoms with Crippen LogP contribution in [0.4, 0.5) is 4.79 Å². The average Bonchev–Trinajstić information content (AvgIpc) is 3.78. The first-order chi connectivity index (χ1) is 27.4. The molecule has 3 saturated heterocycles. The number of aliphatic hydroxyl groups is 1. The van der Waals surface area contributed by atoms with Crippen molar-refractivity contribution in [3.8, 4) is 11.3 Å². The molecule has 0 aliphatic carbocycles. The summed E-state index contributed by atoms with van der Waals surface area (Å²) in [5.41, 5.74) is -1.07. The number of hydrogen-bond donors (Lipinski definition) is 1. The molecule has 13 atom stereocenters. The number of amides is 1.